The van der Waals surface area contributed by atoms with Crippen molar-refractivity contribution in [3.63, 3.8) is 0 Å². The standard InChI is InChI=1S/C10H7NO3S/c12-9(11-13)7-5-6-3-1-2-4-8(6)14-10(7)15/h1-4,15H,5H2. The number of para-hydroxylation sites is 1. The molecule has 0 saturated carbocycles. The van der Waals surface area contributed by atoms with Crippen LogP contribution in [-0.2, 0) is 11.2 Å². The monoisotopic (exact) mass is 221 g/mol. The first-order chi connectivity index (χ1) is 7.22. The molecule has 1 amide bonds. The lowest BCUT2D eigenvalue weighted by molar-refractivity contribution is -0.114. The number of ether oxygens (including phenoxy) is 1. The minimum Gasteiger partial charge on any atom is -0.450 e. The summed E-state index contributed by atoms with van der Waals surface area (Å²) in [6.45, 7) is 0. The van der Waals surface area contributed by atoms with Crippen molar-refractivity contribution in [1.82, 2.24) is 0 Å². The van der Waals surface area contributed by atoms with Gasteiger partial charge in [0.15, 0.2) is 5.09 Å². The molecule has 5 heteroatoms. The van der Waals surface area contributed by atoms with Crippen LogP contribution in [0.25, 0.3) is 0 Å². The number of rotatable bonds is 1. The van der Waals surface area contributed by atoms with E-state index in [0.717, 1.165) is 5.56 Å². The Bertz CT molecular complexity index is 467. The summed E-state index contributed by atoms with van der Waals surface area (Å²) in [4.78, 5) is 21.3. The van der Waals surface area contributed by atoms with E-state index in [2.05, 4.69) is 17.8 Å². The van der Waals surface area contributed by atoms with Crippen LogP contribution >= 0.6 is 12.6 Å². The van der Waals surface area contributed by atoms with E-state index in [1.54, 1.807) is 6.07 Å². The van der Waals surface area contributed by atoms with Gasteiger partial charge < -0.3 is 4.74 Å². The number of carbonyl (C=O) groups excluding carboxylic acids is 1. The van der Waals surface area contributed by atoms with Crippen molar-refractivity contribution < 1.29 is 9.53 Å². The minimum absolute atomic E-state index is 0.151. The fraction of sp³-hybridized carbons (Fsp3) is 0.100. The summed E-state index contributed by atoms with van der Waals surface area (Å²) in [6.07, 6.45) is 0.333. The summed E-state index contributed by atoms with van der Waals surface area (Å²) in [5.41, 5.74) is 1.05. The van der Waals surface area contributed by atoms with Crippen LogP contribution in [0.15, 0.2) is 40.1 Å². The van der Waals surface area contributed by atoms with Gasteiger partial charge in [0.1, 0.15) is 5.75 Å². The SMILES string of the molecule is O=NC(=O)C1=C(S)Oc2ccccc2C1. The number of hydrogen-bond donors (Lipinski definition) is 1. The Labute approximate surface area is 91.3 Å². The van der Waals surface area contributed by atoms with Crippen LogP contribution < -0.4 is 4.74 Å². The van der Waals surface area contributed by atoms with Gasteiger partial charge in [-0.15, -0.1) is 17.5 Å². The molecule has 1 heterocycles. The Hall–Kier alpha value is -1.62. The zero-order valence-electron chi connectivity index (χ0n) is 7.64. The molecule has 1 aliphatic heterocycles. The first-order valence-electron chi connectivity index (χ1n) is 4.28. The van der Waals surface area contributed by atoms with Crippen LogP contribution in [-0.4, -0.2) is 5.91 Å². The minimum atomic E-state index is -0.825. The van der Waals surface area contributed by atoms with E-state index >= 15 is 0 Å². The van der Waals surface area contributed by atoms with Crippen LogP contribution in [0.3, 0.4) is 0 Å². The second-order valence-corrected chi connectivity index (χ2v) is 3.47. The molecule has 0 aromatic heterocycles. The Morgan fingerprint density at radius 3 is 2.87 bits per heavy atom. The van der Waals surface area contributed by atoms with Crippen molar-refractivity contribution in [2.24, 2.45) is 5.18 Å². The van der Waals surface area contributed by atoms with Gasteiger partial charge in [-0.1, -0.05) is 18.2 Å². The van der Waals surface area contributed by atoms with E-state index in [9.17, 15) is 9.70 Å². The Balaban J connectivity index is 2.39. The summed E-state index contributed by atoms with van der Waals surface area (Å²) in [5.74, 6) is -0.167. The largest absolute Gasteiger partial charge is 0.450 e. The molecule has 0 N–H and O–H groups in total. The zero-order chi connectivity index (χ0) is 10.8. The average Bonchev–Trinajstić information content (AvgIpc) is 2.27. The molecule has 0 atom stereocenters. The summed E-state index contributed by atoms with van der Waals surface area (Å²) in [6, 6.07) is 7.27. The van der Waals surface area contributed by atoms with E-state index in [1.165, 1.54) is 0 Å². The third kappa shape index (κ3) is 1.78. The molecule has 0 saturated heterocycles. The van der Waals surface area contributed by atoms with E-state index in [-0.39, 0.29) is 10.7 Å². The molecule has 2 rings (SSSR count). The fourth-order valence-corrected chi connectivity index (χ4v) is 1.68. The highest BCUT2D eigenvalue weighted by Crippen LogP contribution is 2.31. The van der Waals surface area contributed by atoms with Gasteiger partial charge in [-0.25, -0.2) is 0 Å². The molecule has 1 aromatic rings. The summed E-state index contributed by atoms with van der Waals surface area (Å²) >= 11 is 4.01. The fourth-order valence-electron chi connectivity index (χ4n) is 1.40. The quantitative estimate of drug-likeness (QED) is 0.583. The van der Waals surface area contributed by atoms with Crippen LogP contribution in [0.4, 0.5) is 0 Å². The second-order valence-electron chi connectivity index (χ2n) is 3.07. The van der Waals surface area contributed by atoms with Crippen molar-refractivity contribution in [3.8, 4) is 5.75 Å². The number of thiol groups is 1. The highest BCUT2D eigenvalue weighted by atomic mass is 32.1. The van der Waals surface area contributed by atoms with Gasteiger partial charge >= 0.3 is 5.91 Å². The lowest BCUT2D eigenvalue weighted by Gasteiger charge is -2.18. The maximum absolute atomic E-state index is 11.1. The van der Waals surface area contributed by atoms with Gasteiger partial charge in [0.05, 0.1) is 5.57 Å². The summed E-state index contributed by atoms with van der Waals surface area (Å²) in [7, 11) is 0. The van der Waals surface area contributed by atoms with Gasteiger partial charge in [-0.3, -0.25) is 4.79 Å². The number of benzene rings is 1. The maximum Gasteiger partial charge on any atom is 0.317 e. The molecule has 1 aromatic carbocycles. The van der Waals surface area contributed by atoms with Crippen molar-refractivity contribution >= 4 is 18.5 Å². The van der Waals surface area contributed by atoms with E-state index in [1.807, 2.05) is 18.2 Å². The number of nitroso groups, excluding NO2 is 1. The van der Waals surface area contributed by atoms with Gasteiger partial charge in [0.2, 0.25) is 0 Å². The third-order valence-electron chi connectivity index (χ3n) is 2.15. The molecule has 0 spiro atoms. The van der Waals surface area contributed by atoms with Gasteiger partial charge in [0, 0.05) is 11.6 Å². The van der Waals surface area contributed by atoms with Gasteiger partial charge in [-0.2, -0.15) is 0 Å². The maximum atomic E-state index is 11.1. The van der Waals surface area contributed by atoms with Crippen molar-refractivity contribution in [2.75, 3.05) is 0 Å². The molecular weight excluding hydrogens is 214 g/mol. The summed E-state index contributed by atoms with van der Waals surface area (Å²) in [5, 5.41) is 2.51. The Morgan fingerprint density at radius 1 is 1.40 bits per heavy atom. The molecule has 0 aliphatic carbocycles. The van der Waals surface area contributed by atoms with E-state index in [4.69, 9.17) is 4.74 Å². The molecule has 0 fully saturated rings. The predicted octanol–water partition coefficient (Wildman–Crippen LogP) is 2.06. The lowest BCUT2D eigenvalue weighted by atomic mass is 10.0. The van der Waals surface area contributed by atoms with Crippen molar-refractivity contribution in [1.29, 1.82) is 0 Å². The van der Waals surface area contributed by atoms with Crippen molar-refractivity contribution in [3.05, 3.63) is 45.4 Å². The van der Waals surface area contributed by atoms with E-state index < -0.39 is 5.91 Å². The highest BCUT2D eigenvalue weighted by Gasteiger charge is 2.23. The first kappa shape index (κ1) is 9.92. The van der Waals surface area contributed by atoms with Crippen LogP contribution in [0.1, 0.15) is 5.56 Å². The molecule has 0 radical (unpaired) electrons. The number of nitrogens with zero attached hydrogens (tertiary/aromatic N) is 1. The third-order valence-corrected chi connectivity index (χ3v) is 2.51. The molecule has 0 unspecified atom stereocenters. The average molecular weight is 221 g/mol. The summed E-state index contributed by atoms with van der Waals surface area (Å²) < 4.78 is 5.29. The number of carbonyl (C=O) groups is 1. The molecule has 0 bridgehead atoms. The number of hydrogen-bond acceptors (Lipinski definition) is 4. The highest BCUT2D eigenvalue weighted by molar-refractivity contribution is 7.84. The smallest absolute Gasteiger partial charge is 0.317 e. The molecule has 76 valence electrons. The van der Waals surface area contributed by atoms with E-state index in [0.29, 0.717) is 12.2 Å². The normalized spacial score (nSPS) is 14.2. The Morgan fingerprint density at radius 2 is 2.13 bits per heavy atom. The van der Waals surface area contributed by atoms with Gasteiger partial charge in [-0.05, 0) is 11.6 Å². The number of amides is 1. The lowest BCUT2D eigenvalue weighted by Crippen LogP contribution is -2.12. The first-order valence-corrected chi connectivity index (χ1v) is 4.72. The molecule has 15 heavy (non-hydrogen) atoms. The van der Waals surface area contributed by atoms with Crippen LogP contribution in [0.5, 0.6) is 5.75 Å². The van der Waals surface area contributed by atoms with Gasteiger partial charge in [0.25, 0.3) is 0 Å². The zero-order valence-corrected chi connectivity index (χ0v) is 8.53. The topological polar surface area (TPSA) is 55.7 Å². The van der Waals surface area contributed by atoms with Crippen LogP contribution in [0, 0.1) is 4.91 Å². The van der Waals surface area contributed by atoms with Crippen LogP contribution in [0.2, 0.25) is 0 Å². The molecule has 4 nitrogen and oxygen atoms in total. The number of fused-ring (bicyclic) bond motifs is 1. The second kappa shape index (κ2) is 3.86. The Kier molecular flexibility index (Phi) is 2.55. The van der Waals surface area contributed by atoms with Crippen molar-refractivity contribution in [2.45, 2.75) is 6.42 Å². The molecule has 1 aliphatic rings. The predicted molar refractivity (Wildman–Crippen MR) is 57.6 cm³/mol. The molecular formula is C10H7NO3S.